The minimum atomic E-state index is -0.762. The number of alkyl carbamates (subject to hydrolysis) is 2. The van der Waals surface area contributed by atoms with Gasteiger partial charge in [0.05, 0.1) is 60.5 Å². The van der Waals surface area contributed by atoms with E-state index in [0.29, 0.717) is 80.2 Å². The zero-order valence-corrected chi connectivity index (χ0v) is 43.6. The number of aromatic amines is 2. The summed E-state index contributed by atoms with van der Waals surface area (Å²) in [6.45, 7) is 9.87. The standard InChI is InChI=1S/C56H72F2N10O6/c1-32(2)47(63-54(71)73-5)52(69)66-24-10-12-45(66)50-59-39-16-14-34(28-41(39)61-50)43-18-19-44(68(43)36-30-37(57)49(38(58)31-36)65-26-22-56(23-27-65)20-8-7-9-21-56)35-15-17-40-42(29-35)62-51(60-40)46-13-11-25-67(46)53(70)48(33(3)4)64-55(72)74-6/h14-17,28-33,43-48H,7-13,18-27H2,1-6H3,(H,59,61)(H,60,62)(H,63,71)(H,64,72)/t43-,44-,45+,46+,47+,48?/m1/s1. The third kappa shape index (κ3) is 9.84. The molecule has 0 bridgehead atoms. The highest BCUT2D eigenvalue weighted by Crippen LogP contribution is 2.50. The smallest absolute Gasteiger partial charge is 0.407 e. The number of hydrogen-bond donors (Lipinski definition) is 4. The first-order valence-electron chi connectivity index (χ1n) is 27.0. The van der Waals surface area contributed by atoms with Crippen LogP contribution in [0.25, 0.3) is 22.1 Å². The largest absolute Gasteiger partial charge is 0.453 e. The fourth-order valence-corrected chi connectivity index (χ4v) is 13.0. The number of nitrogens with one attached hydrogen (secondary N) is 4. The molecular formula is C56H72F2N10O6. The summed E-state index contributed by atoms with van der Waals surface area (Å²) >= 11 is 0. The first-order chi connectivity index (χ1) is 35.6. The van der Waals surface area contributed by atoms with Crippen molar-refractivity contribution in [2.75, 3.05) is 50.2 Å². The Kier molecular flexibility index (Phi) is 14.5. The van der Waals surface area contributed by atoms with Crippen molar-refractivity contribution in [2.45, 2.75) is 147 Å². The van der Waals surface area contributed by atoms with Crippen molar-refractivity contribution >= 4 is 57.4 Å². The number of carbonyl (C=O) groups excluding carboxylic acids is 4. The number of hydrogen-bond acceptors (Lipinski definition) is 10. The Morgan fingerprint density at radius 1 is 0.608 bits per heavy atom. The van der Waals surface area contributed by atoms with Crippen LogP contribution in [-0.2, 0) is 19.1 Å². The highest BCUT2D eigenvalue weighted by molar-refractivity contribution is 5.88. The molecule has 2 aromatic heterocycles. The zero-order chi connectivity index (χ0) is 52.0. The molecule has 1 spiro atoms. The maximum Gasteiger partial charge on any atom is 0.407 e. The lowest BCUT2D eigenvalue weighted by atomic mass is 9.68. The van der Waals surface area contributed by atoms with Crippen LogP contribution in [0.4, 0.5) is 29.7 Å². The molecule has 74 heavy (non-hydrogen) atoms. The molecule has 18 heteroatoms. The van der Waals surface area contributed by atoms with Gasteiger partial charge in [-0.15, -0.1) is 0 Å². The third-order valence-corrected chi connectivity index (χ3v) is 17.0. The summed E-state index contributed by atoms with van der Waals surface area (Å²) in [6, 6.07) is 12.5. The van der Waals surface area contributed by atoms with E-state index >= 15 is 8.78 Å². The van der Waals surface area contributed by atoms with Crippen molar-refractivity contribution in [1.29, 1.82) is 0 Å². The summed E-state index contributed by atoms with van der Waals surface area (Å²) in [7, 11) is 2.56. The Labute approximate surface area is 431 Å². The minimum absolute atomic E-state index is 0.0445. The highest BCUT2D eigenvalue weighted by Gasteiger charge is 2.42. The molecule has 5 aliphatic rings. The number of rotatable bonds is 12. The molecule has 6 atom stereocenters. The monoisotopic (exact) mass is 1020 g/mol. The predicted octanol–water partition coefficient (Wildman–Crippen LogP) is 10.4. The number of amides is 4. The maximum absolute atomic E-state index is 16.8. The second-order valence-electron chi connectivity index (χ2n) is 22.2. The number of carbonyl (C=O) groups is 4. The molecule has 0 radical (unpaired) electrons. The van der Waals surface area contributed by atoms with Crippen molar-refractivity contribution in [2.24, 2.45) is 17.3 Å². The lowest BCUT2D eigenvalue weighted by Gasteiger charge is -2.45. The molecule has 5 aromatic rings. The topological polar surface area (TPSA) is 181 Å². The van der Waals surface area contributed by atoms with Crippen LogP contribution < -0.4 is 20.4 Å². The molecule has 16 nitrogen and oxygen atoms in total. The van der Waals surface area contributed by atoms with E-state index in [1.54, 1.807) is 9.80 Å². The number of aromatic nitrogens is 4. The summed E-state index contributed by atoms with van der Waals surface area (Å²) in [6.07, 6.45) is 11.0. The number of methoxy groups -OCH3 is 2. The average Bonchev–Trinajstić information content (AvgIpc) is 4.26. The zero-order valence-electron chi connectivity index (χ0n) is 43.6. The summed E-state index contributed by atoms with van der Waals surface area (Å²) in [5.41, 5.74) is 5.69. The number of imidazole rings is 2. The number of nitrogens with zero attached hydrogens (tertiary/aromatic N) is 6. The van der Waals surface area contributed by atoms with Gasteiger partial charge in [0.25, 0.3) is 0 Å². The van der Waals surface area contributed by atoms with Gasteiger partial charge in [-0.05, 0) is 129 Å². The summed E-state index contributed by atoms with van der Waals surface area (Å²) in [5.74, 6) is -0.545. The number of ether oxygens (including phenoxy) is 2. The summed E-state index contributed by atoms with van der Waals surface area (Å²) in [4.78, 5) is 77.2. The third-order valence-electron chi connectivity index (χ3n) is 17.0. The molecule has 5 fully saturated rings. The van der Waals surface area contributed by atoms with Crippen LogP contribution in [0.15, 0.2) is 48.5 Å². The summed E-state index contributed by atoms with van der Waals surface area (Å²) in [5, 5.41) is 5.44. The van der Waals surface area contributed by atoms with Crippen molar-refractivity contribution < 1.29 is 37.4 Å². The van der Waals surface area contributed by atoms with Crippen LogP contribution in [0, 0.1) is 28.9 Å². The first-order valence-corrected chi connectivity index (χ1v) is 27.0. The number of fused-ring (bicyclic) bond motifs is 2. The van der Waals surface area contributed by atoms with E-state index in [9.17, 15) is 19.2 Å². The van der Waals surface area contributed by atoms with Crippen LogP contribution in [0.5, 0.6) is 0 Å². The van der Waals surface area contributed by atoms with Crippen molar-refractivity contribution in [3.8, 4) is 0 Å². The van der Waals surface area contributed by atoms with Crippen LogP contribution in [0.2, 0.25) is 0 Å². The van der Waals surface area contributed by atoms with E-state index in [-0.39, 0.29) is 58.9 Å². The van der Waals surface area contributed by atoms with Gasteiger partial charge in [0.1, 0.15) is 29.4 Å². The number of likely N-dealkylation sites (tertiary alicyclic amines) is 2. The van der Waals surface area contributed by atoms with Crippen molar-refractivity contribution in [3.05, 3.63) is 82.9 Å². The van der Waals surface area contributed by atoms with Gasteiger partial charge in [-0.1, -0.05) is 59.1 Å². The van der Waals surface area contributed by atoms with E-state index < -0.39 is 35.9 Å². The van der Waals surface area contributed by atoms with E-state index in [1.165, 1.54) is 58.5 Å². The normalized spacial score (nSPS) is 22.8. The highest BCUT2D eigenvalue weighted by atomic mass is 19.1. The molecule has 6 heterocycles. The van der Waals surface area contributed by atoms with E-state index in [2.05, 4.69) is 37.6 Å². The molecule has 4 aliphatic heterocycles. The van der Waals surface area contributed by atoms with Gasteiger partial charge in [-0.3, -0.25) is 9.59 Å². The molecule has 1 unspecified atom stereocenters. The van der Waals surface area contributed by atoms with Gasteiger partial charge in [0.2, 0.25) is 11.8 Å². The summed E-state index contributed by atoms with van der Waals surface area (Å²) < 4.78 is 43.3. The Morgan fingerprint density at radius 2 is 1.07 bits per heavy atom. The number of piperidine rings is 1. The maximum atomic E-state index is 16.8. The molecule has 1 aliphatic carbocycles. The number of halogens is 2. The molecule has 4 amide bonds. The van der Waals surface area contributed by atoms with Crippen LogP contribution in [0.3, 0.4) is 0 Å². The van der Waals surface area contributed by atoms with E-state index in [4.69, 9.17) is 19.4 Å². The molecule has 4 N–H and O–H groups in total. The average molecular weight is 1020 g/mol. The second-order valence-corrected chi connectivity index (χ2v) is 22.2. The van der Waals surface area contributed by atoms with E-state index in [1.807, 2.05) is 56.9 Å². The van der Waals surface area contributed by atoms with Crippen molar-refractivity contribution in [3.63, 3.8) is 0 Å². The lowest BCUT2D eigenvalue weighted by molar-refractivity contribution is -0.136. The van der Waals surface area contributed by atoms with Gasteiger partial charge < -0.3 is 49.7 Å². The fraction of sp³-hybridized carbons (Fsp3) is 0.571. The Hall–Kier alpha value is -6.46. The van der Waals surface area contributed by atoms with Gasteiger partial charge in [0.15, 0.2) is 11.6 Å². The van der Waals surface area contributed by atoms with Crippen LogP contribution in [-0.4, -0.2) is 106 Å². The number of H-pyrrole nitrogens is 2. The lowest BCUT2D eigenvalue weighted by Crippen LogP contribution is -2.51. The van der Waals surface area contributed by atoms with Crippen LogP contribution in [0.1, 0.15) is 158 Å². The van der Waals surface area contributed by atoms with Gasteiger partial charge in [-0.2, -0.15) is 0 Å². The van der Waals surface area contributed by atoms with Gasteiger partial charge in [0, 0.05) is 31.9 Å². The molecule has 3 aromatic carbocycles. The minimum Gasteiger partial charge on any atom is -0.453 e. The molecule has 1 saturated carbocycles. The Morgan fingerprint density at radius 3 is 1.50 bits per heavy atom. The van der Waals surface area contributed by atoms with Gasteiger partial charge >= 0.3 is 12.2 Å². The van der Waals surface area contributed by atoms with Crippen molar-refractivity contribution in [1.82, 2.24) is 40.4 Å². The molecule has 396 valence electrons. The Bertz CT molecular complexity index is 2720. The van der Waals surface area contributed by atoms with E-state index in [0.717, 1.165) is 47.8 Å². The molecule has 10 rings (SSSR count). The first kappa shape index (κ1) is 51.0. The Balaban J connectivity index is 0.965. The second kappa shape index (κ2) is 21.0. The number of benzene rings is 3. The fourth-order valence-electron chi connectivity index (χ4n) is 13.0. The molecular weight excluding hydrogens is 947 g/mol. The van der Waals surface area contributed by atoms with Gasteiger partial charge in [-0.25, -0.2) is 28.3 Å². The number of anilines is 2. The SMILES string of the molecule is COC(=O)NC(C(=O)N1CCC[C@H]1c1nc2cc([C@H]3CC[C@H](c4ccc5[nH]c([C@@H]6CCCN6C(=O)[C@@H](NC(=O)OC)C(C)C)nc5c4)N3c3cc(F)c(N4CCC5(CCCCC5)CC4)c(F)c3)ccc2[nH]1)C(C)C. The quantitative estimate of drug-likeness (QED) is 0.0939. The predicted molar refractivity (Wildman–Crippen MR) is 278 cm³/mol. The van der Waals surface area contributed by atoms with Crippen LogP contribution >= 0.6 is 0 Å². The molecule has 4 saturated heterocycles.